The Balaban J connectivity index is 4.41. The molecule has 0 N–H and O–H groups in total. The van der Waals surface area contributed by atoms with Crippen molar-refractivity contribution in [2.45, 2.75) is 354 Å². The highest BCUT2D eigenvalue weighted by molar-refractivity contribution is 5.71. The minimum Gasteiger partial charge on any atom is -0.462 e. The molecule has 6 nitrogen and oxygen atoms in total. The quantitative estimate of drug-likeness (QED) is 0.0261. The summed E-state index contributed by atoms with van der Waals surface area (Å²) < 4.78 is 17.0. The summed E-state index contributed by atoms with van der Waals surface area (Å²) in [5.41, 5.74) is 0. The van der Waals surface area contributed by atoms with E-state index in [4.69, 9.17) is 14.2 Å². The third-order valence-corrected chi connectivity index (χ3v) is 15.3. The topological polar surface area (TPSA) is 78.9 Å². The van der Waals surface area contributed by atoms with Crippen molar-refractivity contribution >= 4 is 17.9 Å². The van der Waals surface area contributed by atoms with Crippen LogP contribution in [0.3, 0.4) is 0 Å². The molecule has 0 saturated carbocycles. The number of allylic oxidation sites excluding steroid dienone is 16. The molecule has 0 fully saturated rings. The molecular formula is C76H132O6. The van der Waals surface area contributed by atoms with Gasteiger partial charge < -0.3 is 14.2 Å². The molecule has 1 atom stereocenters. The number of unbranched alkanes of at least 4 members (excludes halogenated alkanes) is 37. The second kappa shape index (κ2) is 69.8. The average molecular weight is 1140 g/mol. The maximum absolute atomic E-state index is 13.0. The molecule has 6 heteroatoms. The van der Waals surface area contributed by atoms with E-state index in [0.29, 0.717) is 19.3 Å². The van der Waals surface area contributed by atoms with Gasteiger partial charge in [0.15, 0.2) is 6.10 Å². The average Bonchev–Trinajstić information content (AvgIpc) is 3.47. The van der Waals surface area contributed by atoms with Crippen LogP contribution in [0.2, 0.25) is 0 Å². The van der Waals surface area contributed by atoms with Gasteiger partial charge in [0, 0.05) is 19.3 Å². The van der Waals surface area contributed by atoms with Gasteiger partial charge in [-0.25, -0.2) is 0 Å². The van der Waals surface area contributed by atoms with E-state index in [1.807, 2.05) is 0 Å². The first-order valence-electron chi connectivity index (χ1n) is 35.2. The lowest BCUT2D eigenvalue weighted by Crippen LogP contribution is -2.30. The zero-order valence-corrected chi connectivity index (χ0v) is 54.2. The van der Waals surface area contributed by atoms with E-state index in [2.05, 4.69) is 118 Å². The van der Waals surface area contributed by atoms with Crippen LogP contribution in [0.1, 0.15) is 348 Å². The highest BCUT2D eigenvalue weighted by atomic mass is 16.6. The fraction of sp³-hybridized carbons (Fsp3) is 0.750. The Labute approximate surface area is 508 Å². The van der Waals surface area contributed by atoms with Crippen LogP contribution in [0.5, 0.6) is 0 Å². The zero-order valence-electron chi connectivity index (χ0n) is 54.2. The Morgan fingerprint density at radius 3 is 0.695 bits per heavy atom. The second-order valence-corrected chi connectivity index (χ2v) is 23.4. The summed E-state index contributed by atoms with van der Waals surface area (Å²) in [6, 6.07) is 0. The van der Waals surface area contributed by atoms with Crippen molar-refractivity contribution in [3.8, 4) is 0 Å². The molecule has 0 aromatic heterocycles. The highest BCUT2D eigenvalue weighted by Gasteiger charge is 2.19. The van der Waals surface area contributed by atoms with Gasteiger partial charge >= 0.3 is 17.9 Å². The molecule has 0 aliphatic heterocycles. The predicted octanol–water partition coefficient (Wildman–Crippen LogP) is 24.4. The number of hydrogen-bond acceptors (Lipinski definition) is 6. The molecule has 82 heavy (non-hydrogen) atoms. The lowest BCUT2D eigenvalue weighted by molar-refractivity contribution is -0.167. The zero-order chi connectivity index (χ0) is 59.2. The fourth-order valence-electron chi connectivity index (χ4n) is 9.96. The van der Waals surface area contributed by atoms with Gasteiger partial charge in [-0.2, -0.15) is 0 Å². The van der Waals surface area contributed by atoms with Crippen molar-refractivity contribution in [1.29, 1.82) is 0 Å². The van der Waals surface area contributed by atoms with Gasteiger partial charge in [0.2, 0.25) is 0 Å². The van der Waals surface area contributed by atoms with E-state index in [0.717, 1.165) is 109 Å². The van der Waals surface area contributed by atoms with E-state index >= 15 is 0 Å². The maximum Gasteiger partial charge on any atom is 0.306 e. The third-order valence-electron chi connectivity index (χ3n) is 15.3. The van der Waals surface area contributed by atoms with Gasteiger partial charge in [0.1, 0.15) is 13.2 Å². The fourth-order valence-corrected chi connectivity index (χ4v) is 9.96. The lowest BCUT2D eigenvalue weighted by atomic mass is 10.1. The molecule has 0 saturated heterocycles. The summed E-state index contributed by atoms with van der Waals surface area (Å²) in [5.74, 6) is -0.897. The predicted molar refractivity (Wildman–Crippen MR) is 357 cm³/mol. The third kappa shape index (κ3) is 67.1. The van der Waals surface area contributed by atoms with Crippen molar-refractivity contribution in [3.05, 3.63) is 97.2 Å². The van der Waals surface area contributed by atoms with E-state index in [1.54, 1.807) is 0 Å². The number of carbonyl (C=O) groups excluding carboxylic acids is 3. The Morgan fingerprint density at radius 2 is 0.439 bits per heavy atom. The van der Waals surface area contributed by atoms with Crippen LogP contribution in [-0.4, -0.2) is 37.2 Å². The minimum atomic E-state index is -0.793. The normalized spacial score (nSPS) is 12.7. The first-order valence-corrected chi connectivity index (χ1v) is 35.2. The van der Waals surface area contributed by atoms with Gasteiger partial charge in [0.05, 0.1) is 0 Å². The Kier molecular flexibility index (Phi) is 66.7. The standard InChI is InChI=1S/C76H132O6/c1-4-7-10-13-16-19-22-25-28-31-34-36-37-38-39-41-42-45-48-51-54-57-60-63-66-69-75(78)81-72-73(71-80-74(77)68-65-62-59-56-53-50-47-44-33-30-27-24-21-18-15-12-9-6-3)82-76(79)70-67-64-61-58-55-52-49-46-43-40-35-32-29-26-23-20-17-14-11-8-5-2/h21-26,30-35,37-38,43,46,73H,4-20,27-29,36,39-42,44-45,47-72H2,1-3H3/b24-21-,25-22-,26-23-,33-30-,34-31-,35-32-,38-37-,46-43-. The highest BCUT2D eigenvalue weighted by Crippen LogP contribution is 2.16. The first kappa shape index (κ1) is 78.3. The second-order valence-electron chi connectivity index (χ2n) is 23.4. The Morgan fingerprint density at radius 1 is 0.244 bits per heavy atom. The molecule has 472 valence electrons. The van der Waals surface area contributed by atoms with Gasteiger partial charge in [-0.05, 0) is 128 Å². The molecule has 0 aliphatic carbocycles. The van der Waals surface area contributed by atoms with Crippen LogP contribution in [0.4, 0.5) is 0 Å². The Bertz CT molecular complexity index is 1590. The molecule has 0 amide bonds. The van der Waals surface area contributed by atoms with Crippen molar-refractivity contribution in [2.24, 2.45) is 0 Å². The number of rotatable bonds is 64. The summed E-state index contributed by atoms with van der Waals surface area (Å²) in [4.78, 5) is 38.5. The lowest BCUT2D eigenvalue weighted by Gasteiger charge is -2.18. The van der Waals surface area contributed by atoms with Crippen LogP contribution >= 0.6 is 0 Å². The number of esters is 3. The van der Waals surface area contributed by atoms with E-state index in [1.165, 1.54) is 199 Å². The molecule has 0 aromatic carbocycles. The van der Waals surface area contributed by atoms with Crippen LogP contribution in [0.15, 0.2) is 97.2 Å². The summed E-state index contributed by atoms with van der Waals surface area (Å²) >= 11 is 0. The van der Waals surface area contributed by atoms with E-state index in [9.17, 15) is 14.4 Å². The SMILES string of the molecule is CCCCCC/C=C\C/C=C\CCCCCCCCCC(=O)OCC(COC(=O)CCCCCCCCCCCC/C=C\C/C=C\C/C=C\CCCCCCC)OC(=O)CCCCCCCC/C=C\C/C=C\C/C=C\CCCCCCC. The van der Waals surface area contributed by atoms with Crippen molar-refractivity contribution in [3.63, 3.8) is 0 Å². The van der Waals surface area contributed by atoms with Gasteiger partial charge in [-0.1, -0.05) is 298 Å². The first-order chi connectivity index (χ1) is 40.5. The van der Waals surface area contributed by atoms with Crippen LogP contribution in [-0.2, 0) is 28.6 Å². The van der Waals surface area contributed by atoms with Crippen LogP contribution in [0, 0.1) is 0 Å². The molecule has 0 bridgehead atoms. The summed E-state index contributed by atoms with van der Waals surface area (Å²) in [6.45, 7) is 6.62. The van der Waals surface area contributed by atoms with Crippen molar-refractivity contribution < 1.29 is 28.6 Å². The number of carbonyl (C=O) groups is 3. The maximum atomic E-state index is 13.0. The van der Waals surface area contributed by atoms with Gasteiger partial charge in [-0.15, -0.1) is 0 Å². The van der Waals surface area contributed by atoms with Crippen molar-refractivity contribution in [1.82, 2.24) is 0 Å². The largest absolute Gasteiger partial charge is 0.462 e. The smallest absolute Gasteiger partial charge is 0.306 e. The molecule has 0 spiro atoms. The molecule has 0 heterocycles. The van der Waals surface area contributed by atoms with E-state index in [-0.39, 0.29) is 31.1 Å². The van der Waals surface area contributed by atoms with Gasteiger partial charge in [0.25, 0.3) is 0 Å². The van der Waals surface area contributed by atoms with Crippen molar-refractivity contribution in [2.75, 3.05) is 13.2 Å². The molecule has 0 aromatic rings. The number of ether oxygens (including phenoxy) is 3. The van der Waals surface area contributed by atoms with E-state index < -0.39 is 6.10 Å². The summed E-state index contributed by atoms with van der Waals surface area (Å²) in [7, 11) is 0. The molecular weight excluding hydrogens is 1010 g/mol. The summed E-state index contributed by atoms with van der Waals surface area (Å²) in [5, 5.41) is 0. The number of hydrogen-bond donors (Lipinski definition) is 0. The molecule has 1 unspecified atom stereocenters. The molecule has 0 aliphatic rings. The monoisotopic (exact) mass is 1140 g/mol. The summed E-state index contributed by atoms with van der Waals surface area (Å²) in [6.07, 6.45) is 94.1. The molecule has 0 rings (SSSR count). The Hall–Kier alpha value is -3.67. The minimum absolute atomic E-state index is 0.0870. The van der Waals surface area contributed by atoms with Gasteiger partial charge in [-0.3, -0.25) is 14.4 Å². The van der Waals surface area contributed by atoms with Crippen LogP contribution < -0.4 is 0 Å². The van der Waals surface area contributed by atoms with Crippen LogP contribution in [0.25, 0.3) is 0 Å². The molecule has 0 radical (unpaired) electrons.